The summed E-state index contributed by atoms with van der Waals surface area (Å²) in [6, 6.07) is 22.7. The summed E-state index contributed by atoms with van der Waals surface area (Å²) in [7, 11) is -9.43. The molecule has 0 aliphatic carbocycles. The number of benzene rings is 4. The normalized spacial score (nSPS) is 16.0. The summed E-state index contributed by atoms with van der Waals surface area (Å²) in [6.07, 6.45) is 0. The van der Waals surface area contributed by atoms with E-state index in [-0.39, 0.29) is 145 Å². The molecule has 5 heterocycles. The average Bonchev–Trinajstić information content (AvgIpc) is 3.79. The Balaban J connectivity index is 0.00000149. The smallest absolute Gasteiger partial charge is 0.282 e. The van der Waals surface area contributed by atoms with E-state index in [0.29, 0.717) is 22.3 Å². The van der Waals surface area contributed by atoms with Crippen LogP contribution in [0, 0.1) is 0 Å². The first-order valence-electron chi connectivity index (χ1n) is 14.2. The number of nitrogens with zero attached hydrogens (tertiary/aromatic N) is 8. The van der Waals surface area contributed by atoms with E-state index in [1.807, 2.05) is 0 Å². The van der Waals surface area contributed by atoms with E-state index in [2.05, 4.69) is 30.0 Å². The van der Waals surface area contributed by atoms with E-state index in [9.17, 15) is 25.9 Å². The van der Waals surface area contributed by atoms with Crippen molar-refractivity contribution in [1.29, 1.82) is 0 Å². The molecule has 0 aromatic heterocycles. The van der Waals surface area contributed by atoms with Gasteiger partial charge in [-0.15, -0.1) is 0 Å². The van der Waals surface area contributed by atoms with Crippen LogP contribution in [0.5, 0.6) is 0 Å². The molecule has 0 spiro atoms. The Kier molecular flexibility index (Phi) is 9.90. The molecule has 243 valence electrons. The zero-order chi connectivity index (χ0) is 32.9. The summed E-state index contributed by atoms with van der Waals surface area (Å²) in [5.41, 5.74) is 2.86. The molecule has 51 heavy (non-hydrogen) atoms. The molecular weight excluding hydrogens is 766 g/mol. The van der Waals surface area contributed by atoms with Crippen molar-refractivity contribution >= 4 is 66.9 Å². The zero-order valence-electron chi connectivity index (χ0n) is 26.3. The number of hydrogen-bond acceptors (Lipinski definition) is 12. The van der Waals surface area contributed by atoms with E-state index in [4.69, 9.17) is 9.98 Å². The van der Waals surface area contributed by atoms with Crippen LogP contribution in [-0.2, 0) is 37.3 Å². The van der Waals surface area contributed by atoms with Gasteiger partial charge in [0.15, 0.2) is 46.7 Å². The molecule has 19 heteroatoms. The molecule has 1 radical (unpaired) electrons. The Labute approximate surface area is 344 Å². The third-order valence-electron chi connectivity index (χ3n) is 8.05. The second-order valence-electron chi connectivity index (χ2n) is 10.9. The zero-order valence-corrected chi connectivity index (χ0v) is 32.9. The number of aliphatic imine (C=N–C) groups is 8. The van der Waals surface area contributed by atoms with Gasteiger partial charge >= 0.3 is 59.1 Å². The fraction of sp³-hybridized carbons (Fsp3) is 0. The molecule has 5 aliphatic rings. The van der Waals surface area contributed by atoms with Gasteiger partial charge in [0.1, 0.15) is 9.79 Å². The predicted molar refractivity (Wildman–Crippen MR) is 178 cm³/mol. The van der Waals surface area contributed by atoms with Crippen molar-refractivity contribution in [3.63, 3.8) is 0 Å². The molecule has 9 rings (SSSR count). The van der Waals surface area contributed by atoms with Crippen LogP contribution in [0.4, 0.5) is 0 Å². The summed E-state index contributed by atoms with van der Waals surface area (Å²) in [6.45, 7) is 0. The van der Waals surface area contributed by atoms with Crippen molar-refractivity contribution in [1.82, 2.24) is 0 Å². The first kappa shape index (κ1) is 37.3. The topological polar surface area (TPSA) is 208 Å². The Morgan fingerprint density at radius 2 is 0.588 bits per heavy atom. The fourth-order valence-corrected chi connectivity index (χ4v) is 7.44. The molecule has 0 saturated heterocycles. The molecule has 0 amide bonds. The van der Waals surface area contributed by atoms with Crippen LogP contribution in [-0.4, -0.2) is 72.6 Å². The van der Waals surface area contributed by atoms with Gasteiger partial charge in [-0.25, -0.2) is 39.9 Å². The molecule has 0 atom stereocenters. The standard InChI is InChI=1S/C32H16N8O6S2.Cu.2Na/c41-47(42,43)21-13-5-11-19-23(21)32-38-28-18-10-4-2-8-16(18)26(34-28)36-30-20-12-6-14-22(48(44,45)46)24(20)31(40-30)37-27-17-9-3-1-7-15(17)25(33-27)35-29(19)39-32;;;/h1-14H,(H,41,42,43)(H,44,45,46);;;/q;;2*+1. The average molecular weight is 782 g/mol. The Morgan fingerprint density at radius 3 is 0.882 bits per heavy atom. The maximum atomic E-state index is 12.5. The second-order valence-corrected chi connectivity index (χ2v) is 13.7. The van der Waals surface area contributed by atoms with Crippen molar-refractivity contribution in [3.8, 4) is 0 Å². The van der Waals surface area contributed by atoms with Crippen LogP contribution in [0.1, 0.15) is 44.5 Å². The van der Waals surface area contributed by atoms with Crippen molar-refractivity contribution in [2.24, 2.45) is 39.9 Å². The summed E-state index contributed by atoms with van der Waals surface area (Å²) in [4.78, 5) is 36.5. The minimum absolute atomic E-state index is 0. The first-order chi connectivity index (χ1) is 23.0. The van der Waals surface area contributed by atoms with Gasteiger partial charge in [0, 0.05) is 50.4 Å². The molecule has 2 N–H and O–H groups in total. The Bertz CT molecular complexity index is 2550. The van der Waals surface area contributed by atoms with Gasteiger partial charge in [-0.05, 0) is 12.1 Å². The minimum atomic E-state index is -4.71. The molecular formula is C32H16CuN8Na2O6S2+2. The van der Waals surface area contributed by atoms with Crippen LogP contribution in [0.3, 0.4) is 0 Å². The van der Waals surface area contributed by atoms with E-state index >= 15 is 0 Å². The van der Waals surface area contributed by atoms with Crippen LogP contribution in [0.2, 0.25) is 0 Å². The van der Waals surface area contributed by atoms with Gasteiger partial charge in [-0.1, -0.05) is 72.8 Å². The number of rotatable bonds is 2. The third kappa shape index (κ3) is 6.16. The van der Waals surface area contributed by atoms with Gasteiger partial charge in [0.25, 0.3) is 20.2 Å². The van der Waals surface area contributed by atoms with Gasteiger partial charge in [0.05, 0.1) is 11.1 Å². The molecule has 4 aromatic rings. The maximum Gasteiger partial charge on any atom is 1.00 e. The van der Waals surface area contributed by atoms with Crippen molar-refractivity contribution in [3.05, 3.63) is 129 Å². The van der Waals surface area contributed by atoms with E-state index < -0.39 is 30.0 Å². The first-order valence-corrected chi connectivity index (χ1v) is 17.0. The largest absolute Gasteiger partial charge is 1.00 e. The monoisotopic (exact) mass is 781 g/mol. The minimum Gasteiger partial charge on any atom is -0.282 e. The van der Waals surface area contributed by atoms with Crippen LogP contribution < -0.4 is 59.1 Å². The number of fused-ring (bicyclic) bond motifs is 16. The Hall–Kier alpha value is -3.42. The Morgan fingerprint density at radius 1 is 0.353 bits per heavy atom. The predicted octanol–water partition coefficient (Wildman–Crippen LogP) is -2.67. The van der Waals surface area contributed by atoms with E-state index in [1.54, 1.807) is 60.7 Å². The van der Waals surface area contributed by atoms with Crippen LogP contribution in [0.15, 0.2) is 135 Å². The maximum absolute atomic E-state index is 12.5. The SMILES string of the molecule is O=S(=O)(O)c1cccc2c1C1=NC2=NC2=NC(=NC3=NC(=NC4=NC(=N1)c1ccccc14)c1cccc(S(=O)(=O)O)c13)c1ccccc12.[Cu].[Na+].[Na+]. The molecule has 14 nitrogen and oxygen atoms in total. The van der Waals surface area contributed by atoms with Crippen LogP contribution in [0.25, 0.3) is 0 Å². The summed E-state index contributed by atoms with van der Waals surface area (Å²) >= 11 is 0. The molecule has 4 aromatic carbocycles. The molecule has 8 bridgehead atoms. The van der Waals surface area contributed by atoms with E-state index in [1.165, 1.54) is 24.3 Å². The van der Waals surface area contributed by atoms with Gasteiger partial charge in [-0.2, -0.15) is 16.8 Å². The van der Waals surface area contributed by atoms with Crippen molar-refractivity contribution < 1.29 is 102 Å². The van der Waals surface area contributed by atoms with E-state index in [0.717, 1.165) is 0 Å². The fourth-order valence-electron chi connectivity index (χ4n) is 6.02. The molecule has 0 unspecified atom stereocenters. The van der Waals surface area contributed by atoms with Gasteiger partial charge in [-0.3, -0.25) is 9.11 Å². The second kappa shape index (κ2) is 13.5. The summed E-state index contributed by atoms with van der Waals surface area (Å²) in [5, 5.41) is 0. The van der Waals surface area contributed by atoms with Crippen molar-refractivity contribution in [2.45, 2.75) is 9.79 Å². The van der Waals surface area contributed by atoms with Gasteiger partial charge < -0.3 is 0 Å². The molecule has 0 saturated carbocycles. The summed E-state index contributed by atoms with van der Waals surface area (Å²) < 4.78 is 70.5. The van der Waals surface area contributed by atoms with Gasteiger partial charge in [0.2, 0.25) is 0 Å². The van der Waals surface area contributed by atoms with Crippen molar-refractivity contribution in [2.75, 3.05) is 0 Å². The molecule has 0 fully saturated rings. The molecule has 5 aliphatic heterocycles. The third-order valence-corrected chi connectivity index (χ3v) is 9.84. The summed E-state index contributed by atoms with van der Waals surface area (Å²) in [5.74, 6) is 0.670. The quantitative estimate of drug-likeness (QED) is 0.164. The number of amidine groups is 8. The number of hydrogen-bond donors (Lipinski definition) is 2. The van der Waals surface area contributed by atoms with Crippen LogP contribution >= 0.6 is 0 Å².